The Balaban J connectivity index is 1.42. The molecule has 2 unspecified atom stereocenters. The Hall–Kier alpha value is -3.51. The third kappa shape index (κ3) is 4.97. The molecule has 2 aromatic rings. The minimum absolute atomic E-state index is 0.00611. The Morgan fingerprint density at radius 2 is 1.68 bits per heavy atom. The fourth-order valence-electron chi connectivity index (χ4n) is 6.81. The van der Waals surface area contributed by atoms with Gasteiger partial charge in [-0.2, -0.15) is 4.58 Å². The number of likely N-dealkylation sites (N-methyl/N-ethyl adjacent to an activating group) is 1. The number of hydrogen-bond donors (Lipinski definition) is 1. The number of fused-ring (bicyclic) bond motifs is 2. The smallest absolute Gasteiger partial charge is 0.302 e. The van der Waals surface area contributed by atoms with Gasteiger partial charge < -0.3 is 14.7 Å². The van der Waals surface area contributed by atoms with E-state index in [1.165, 1.54) is 23.7 Å². The second kappa shape index (κ2) is 11.1. The maximum absolute atomic E-state index is 13.6. The maximum atomic E-state index is 13.6. The number of nitrogens with zero attached hydrogens (tertiary/aromatic N) is 2. The summed E-state index contributed by atoms with van der Waals surface area (Å²) in [5, 5.41) is 11.4. The SMILES string of the molecule is CCN1C(=CC2C(=O)C(=CC3=[N+](CCCCCOC(C)=O)c4ccccc4C3(C)C)C2O)C(C)(C)c2ccccc21. The molecule has 5 rings (SSSR count). The lowest BCUT2D eigenvalue weighted by Gasteiger charge is -2.35. The van der Waals surface area contributed by atoms with Crippen molar-refractivity contribution in [3.63, 3.8) is 0 Å². The lowest BCUT2D eigenvalue weighted by Crippen LogP contribution is -2.46. The zero-order valence-corrected chi connectivity index (χ0v) is 25.2. The van der Waals surface area contributed by atoms with Crippen molar-refractivity contribution in [1.82, 2.24) is 0 Å². The van der Waals surface area contributed by atoms with Crippen molar-refractivity contribution in [1.29, 1.82) is 0 Å². The number of ether oxygens (including phenoxy) is 1. The first kappa shape index (κ1) is 29.0. The Morgan fingerprint density at radius 3 is 2.37 bits per heavy atom. The van der Waals surface area contributed by atoms with Gasteiger partial charge in [0, 0.05) is 60.0 Å². The monoisotopic (exact) mass is 555 g/mol. The highest BCUT2D eigenvalue weighted by atomic mass is 16.5. The topological polar surface area (TPSA) is 69.8 Å². The van der Waals surface area contributed by atoms with Crippen molar-refractivity contribution < 1.29 is 24.0 Å². The summed E-state index contributed by atoms with van der Waals surface area (Å²) in [6.45, 7) is 14.3. The van der Waals surface area contributed by atoms with E-state index in [-0.39, 0.29) is 22.6 Å². The molecule has 0 radical (unpaired) electrons. The third-order valence-electron chi connectivity index (χ3n) is 9.12. The zero-order chi connectivity index (χ0) is 29.5. The van der Waals surface area contributed by atoms with Crippen LogP contribution in [0, 0.1) is 5.92 Å². The summed E-state index contributed by atoms with van der Waals surface area (Å²) >= 11 is 0. The number of allylic oxidation sites excluding steroid dienone is 2. The number of ketones is 1. The average Bonchev–Trinajstić information content (AvgIpc) is 3.30. The first-order valence-electron chi connectivity index (χ1n) is 14.9. The molecule has 41 heavy (non-hydrogen) atoms. The summed E-state index contributed by atoms with van der Waals surface area (Å²) in [5.74, 6) is -0.807. The van der Waals surface area contributed by atoms with Crippen molar-refractivity contribution >= 4 is 28.8 Å². The standard InChI is InChI=1S/C35H43N2O4/c1-7-36-28-17-11-9-15-26(28)34(3,4)30(36)21-24-32(39)25(33(24)40)22-31-35(5,6)27-16-10-12-18-29(27)37(31)19-13-8-14-20-41-23(2)38/h9-12,15-18,21-22,24,32,39H,7-8,13-14,19-20H2,1-6H3/q+1. The molecule has 2 aromatic carbocycles. The second-order valence-corrected chi connectivity index (χ2v) is 12.5. The number of hydrogen-bond acceptors (Lipinski definition) is 5. The number of anilines is 1. The number of Topliss-reactive ketones (excluding diaryl/α,β-unsaturated/α-hetero) is 1. The molecule has 1 fully saturated rings. The van der Waals surface area contributed by atoms with Crippen LogP contribution in [-0.2, 0) is 25.2 Å². The van der Waals surface area contributed by atoms with E-state index in [4.69, 9.17) is 4.74 Å². The second-order valence-electron chi connectivity index (χ2n) is 12.5. The highest BCUT2D eigenvalue weighted by molar-refractivity contribution is 6.14. The first-order chi connectivity index (χ1) is 19.5. The van der Waals surface area contributed by atoms with Crippen molar-refractivity contribution in [2.24, 2.45) is 5.92 Å². The van der Waals surface area contributed by atoms with Gasteiger partial charge >= 0.3 is 5.97 Å². The predicted octanol–water partition coefficient (Wildman–Crippen LogP) is 5.98. The highest BCUT2D eigenvalue weighted by Gasteiger charge is 2.50. The van der Waals surface area contributed by atoms with E-state index in [0.717, 1.165) is 49.4 Å². The Morgan fingerprint density at radius 1 is 1.00 bits per heavy atom. The summed E-state index contributed by atoms with van der Waals surface area (Å²) in [6, 6.07) is 16.8. The number of aliphatic hydroxyl groups excluding tert-OH is 1. The van der Waals surface area contributed by atoms with Gasteiger partial charge in [-0.05, 0) is 45.2 Å². The first-order valence-corrected chi connectivity index (χ1v) is 14.9. The number of carbonyl (C=O) groups excluding carboxylic acids is 2. The van der Waals surface area contributed by atoms with Crippen molar-refractivity contribution in [2.45, 2.75) is 77.7 Å². The van der Waals surface area contributed by atoms with Gasteiger partial charge in [0.1, 0.15) is 6.54 Å². The van der Waals surface area contributed by atoms with E-state index in [9.17, 15) is 14.7 Å². The third-order valence-corrected chi connectivity index (χ3v) is 9.12. The van der Waals surface area contributed by atoms with E-state index >= 15 is 0 Å². The molecule has 0 spiro atoms. The van der Waals surface area contributed by atoms with E-state index in [2.05, 4.69) is 86.6 Å². The summed E-state index contributed by atoms with van der Waals surface area (Å²) in [6.07, 6.45) is 5.79. The van der Waals surface area contributed by atoms with Gasteiger partial charge in [-0.25, -0.2) is 0 Å². The van der Waals surface area contributed by atoms with Crippen LogP contribution in [0.1, 0.15) is 71.9 Å². The largest absolute Gasteiger partial charge is 0.466 e. The molecule has 6 nitrogen and oxygen atoms in total. The van der Waals surface area contributed by atoms with E-state index in [1.54, 1.807) is 0 Å². The normalized spacial score (nSPS) is 24.1. The highest BCUT2D eigenvalue weighted by Crippen LogP contribution is 2.49. The summed E-state index contributed by atoms with van der Waals surface area (Å²) in [4.78, 5) is 27.0. The molecular formula is C35H43N2O4+. The molecule has 1 saturated carbocycles. The van der Waals surface area contributed by atoms with Crippen LogP contribution in [0.25, 0.3) is 0 Å². The van der Waals surface area contributed by atoms with Gasteiger partial charge in [-0.15, -0.1) is 0 Å². The number of carbonyl (C=O) groups is 2. The Bertz CT molecular complexity index is 1460. The van der Waals surface area contributed by atoms with E-state index in [1.807, 2.05) is 18.2 Å². The molecular weight excluding hydrogens is 512 g/mol. The summed E-state index contributed by atoms with van der Waals surface area (Å²) < 4.78 is 7.39. The molecule has 6 heteroatoms. The minimum atomic E-state index is -0.842. The fraction of sp³-hybridized carbons (Fsp3) is 0.457. The number of rotatable bonds is 9. The van der Waals surface area contributed by atoms with Gasteiger partial charge in [0.15, 0.2) is 11.5 Å². The van der Waals surface area contributed by atoms with Gasteiger partial charge in [0.05, 0.1) is 24.0 Å². The molecule has 216 valence electrons. The number of para-hydroxylation sites is 2. The lowest BCUT2D eigenvalue weighted by molar-refractivity contribution is -0.438. The number of aliphatic hydroxyl groups is 1. The van der Waals surface area contributed by atoms with Crippen LogP contribution in [0.4, 0.5) is 11.4 Å². The average molecular weight is 556 g/mol. The summed E-state index contributed by atoms with van der Waals surface area (Å²) in [7, 11) is 0. The number of benzene rings is 2. The molecule has 1 N–H and O–H groups in total. The minimum Gasteiger partial charge on any atom is -0.466 e. The molecule has 3 aliphatic rings. The van der Waals surface area contributed by atoms with Gasteiger partial charge in [-0.1, -0.05) is 56.3 Å². The molecule has 2 heterocycles. The van der Waals surface area contributed by atoms with Crippen LogP contribution >= 0.6 is 0 Å². The Labute approximate surface area is 244 Å². The van der Waals surface area contributed by atoms with Crippen molar-refractivity contribution in [3.05, 3.63) is 83.1 Å². The molecule has 1 aliphatic carbocycles. The van der Waals surface area contributed by atoms with Crippen molar-refractivity contribution in [2.75, 3.05) is 24.6 Å². The van der Waals surface area contributed by atoms with Crippen LogP contribution in [-0.4, -0.2) is 52.9 Å². The quantitative estimate of drug-likeness (QED) is 0.178. The van der Waals surface area contributed by atoms with E-state index < -0.39 is 12.0 Å². The van der Waals surface area contributed by atoms with Crippen LogP contribution in [0.15, 0.2) is 72.0 Å². The van der Waals surface area contributed by atoms with Gasteiger partial charge in [0.2, 0.25) is 5.69 Å². The van der Waals surface area contributed by atoms with Gasteiger partial charge in [0.25, 0.3) is 0 Å². The van der Waals surface area contributed by atoms with Crippen LogP contribution in [0.2, 0.25) is 0 Å². The molecule has 2 aliphatic heterocycles. The van der Waals surface area contributed by atoms with E-state index in [0.29, 0.717) is 12.2 Å². The molecule has 0 bridgehead atoms. The van der Waals surface area contributed by atoms with Crippen molar-refractivity contribution in [3.8, 4) is 0 Å². The number of esters is 1. The molecule has 0 aromatic heterocycles. The van der Waals surface area contributed by atoms with Gasteiger partial charge in [-0.3, -0.25) is 9.59 Å². The zero-order valence-electron chi connectivity index (χ0n) is 25.2. The maximum Gasteiger partial charge on any atom is 0.302 e. The molecule has 0 amide bonds. The van der Waals surface area contributed by atoms with Crippen LogP contribution < -0.4 is 4.90 Å². The molecule has 2 atom stereocenters. The fourth-order valence-corrected chi connectivity index (χ4v) is 6.81. The van der Waals surface area contributed by atoms with Crippen LogP contribution in [0.3, 0.4) is 0 Å². The van der Waals surface area contributed by atoms with Crippen LogP contribution in [0.5, 0.6) is 0 Å². The summed E-state index contributed by atoms with van der Waals surface area (Å²) in [5.41, 5.74) is 6.83. The Kier molecular flexibility index (Phi) is 7.82. The number of unbranched alkanes of at least 4 members (excludes halogenated alkanes) is 2. The lowest BCUT2D eigenvalue weighted by atomic mass is 9.71. The molecule has 0 saturated heterocycles. The predicted molar refractivity (Wildman–Crippen MR) is 163 cm³/mol.